The number of fused-ring (bicyclic) bond motifs is 11. The van der Waals surface area contributed by atoms with Gasteiger partial charge in [-0.05, 0) is 59.3 Å². The first-order chi connectivity index (χ1) is 24.3. The number of nitrogens with zero attached hydrogens (tertiary/aromatic N) is 3. The van der Waals surface area contributed by atoms with Crippen LogP contribution in [0.2, 0.25) is 0 Å². The molecule has 5 heteroatoms. The van der Waals surface area contributed by atoms with Crippen molar-refractivity contribution in [3.63, 3.8) is 0 Å². The summed E-state index contributed by atoms with van der Waals surface area (Å²) in [5.41, 5.74) is 8.29. The molecule has 0 saturated carbocycles. The first kappa shape index (κ1) is 26.7. The van der Waals surface area contributed by atoms with Gasteiger partial charge in [0, 0.05) is 53.8 Å². The summed E-state index contributed by atoms with van der Waals surface area (Å²) in [5, 5.41) is 9.45. The van der Waals surface area contributed by atoms with E-state index in [1.54, 1.807) is 11.3 Å². The summed E-state index contributed by atoms with van der Waals surface area (Å²) in [6, 6.07) is 53.6. The molecule has 4 heterocycles. The third-order valence-corrected chi connectivity index (χ3v) is 10.9. The maximum atomic E-state index is 6.27. The predicted octanol–water partition coefficient (Wildman–Crippen LogP) is 12.3. The van der Waals surface area contributed by atoms with E-state index in [9.17, 15) is 0 Å². The highest BCUT2D eigenvalue weighted by molar-refractivity contribution is 7.25. The van der Waals surface area contributed by atoms with Crippen molar-refractivity contribution in [2.24, 2.45) is 0 Å². The predicted molar refractivity (Wildman–Crippen MR) is 205 cm³/mol. The van der Waals surface area contributed by atoms with Crippen LogP contribution in [0.5, 0.6) is 0 Å². The second kappa shape index (κ2) is 10.1. The molecular weight excluding hydrogens is 619 g/mol. The van der Waals surface area contributed by atoms with Gasteiger partial charge in [-0.3, -0.25) is 0 Å². The van der Waals surface area contributed by atoms with Crippen LogP contribution >= 0.6 is 11.3 Å². The van der Waals surface area contributed by atoms with E-state index < -0.39 is 0 Å². The molecule has 0 N–H and O–H groups in total. The Hall–Kier alpha value is -6.30. The van der Waals surface area contributed by atoms with Crippen LogP contribution in [0.25, 0.3) is 103 Å². The van der Waals surface area contributed by atoms with Gasteiger partial charge in [-0.25, -0.2) is 9.97 Å². The molecule has 0 bridgehead atoms. The van der Waals surface area contributed by atoms with Gasteiger partial charge >= 0.3 is 0 Å². The van der Waals surface area contributed by atoms with Crippen molar-refractivity contribution in [1.29, 1.82) is 0 Å². The molecule has 4 nitrogen and oxygen atoms in total. The highest BCUT2D eigenvalue weighted by Gasteiger charge is 2.19. The Balaban J connectivity index is 1.15. The lowest BCUT2D eigenvalue weighted by Crippen LogP contribution is -1.96. The highest BCUT2D eigenvalue weighted by Crippen LogP contribution is 2.42. The maximum Gasteiger partial charge on any atom is 0.161 e. The molecule has 0 unspecified atom stereocenters. The molecule has 0 atom stereocenters. The zero-order valence-corrected chi connectivity index (χ0v) is 26.9. The summed E-state index contributed by atoms with van der Waals surface area (Å²) < 4.78 is 9.88. The van der Waals surface area contributed by atoms with Crippen LogP contribution < -0.4 is 0 Å². The third-order valence-electron chi connectivity index (χ3n) is 9.82. The van der Waals surface area contributed by atoms with E-state index in [1.807, 2.05) is 30.3 Å². The molecule has 4 aromatic heterocycles. The van der Waals surface area contributed by atoms with Gasteiger partial charge in [0.05, 0.1) is 16.7 Å². The number of thiophene rings is 1. The number of benzene rings is 7. The number of hydrogen-bond acceptors (Lipinski definition) is 4. The first-order valence-corrected chi connectivity index (χ1v) is 17.2. The fourth-order valence-electron chi connectivity index (χ4n) is 7.61. The van der Waals surface area contributed by atoms with Crippen LogP contribution in [0.3, 0.4) is 0 Å². The summed E-state index contributed by atoms with van der Waals surface area (Å²) in [7, 11) is 0. The zero-order valence-electron chi connectivity index (χ0n) is 26.1. The fourth-order valence-corrected chi connectivity index (χ4v) is 8.68. The molecule has 228 valence electrons. The van der Waals surface area contributed by atoms with Gasteiger partial charge in [0.1, 0.15) is 16.0 Å². The van der Waals surface area contributed by atoms with Crippen LogP contribution in [0.1, 0.15) is 0 Å². The van der Waals surface area contributed by atoms with Crippen molar-refractivity contribution in [2.45, 2.75) is 0 Å². The molecule has 0 radical (unpaired) electrons. The van der Waals surface area contributed by atoms with Crippen molar-refractivity contribution in [3.8, 4) is 28.3 Å². The van der Waals surface area contributed by atoms with Crippen LogP contribution in [0.4, 0.5) is 0 Å². The van der Waals surface area contributed by atoms with E-state index in [0.29, 0.717) is 0 Å². The Labute approximate surface area is 284 Å². The second-order valence-corrected chi connectivity index (χ2v) is 13.6. The van der Waals surface area contributed by atoms with Crippen LogP contribution in [-0.4, -0.2) is 14.5 Å². The standard InChI is InChI=1S/C44H25N3OS/c1-2-10-27(11-3-1)43-45-42(41-32-14-6-9-17-39(32)49-44(41)46-43)26-18-21-29(22-19-26)47-35-15-7-4-12-30(35)34-24-28-20-23-38-40(33(28)25-36(34)47)31-13-5-8-16-37(31)48-38/h1-25H. The first-order valence-electron chi connectivity index (χ1n) is 16.4. The molecule has 49 heavy (non-hydrogen) atoms. The maximum absolute atomic E-state index is 6.27. The summed E-state index contributed by atoms with van der Waals surface area (Å²) >= 11 is 1.72. The molecule has 0 aliphatic rings. The van der Waals surface area contributed by atoms with Gasteiger partial charge in [-0.1, -0.05) is 103 Å². The Morgan fingerprint density at radius 3 is 2.12 bits per heavy atom. The molecule has 11 rings (SSSR count). The molecular formula is C44H25N3OS. The average molecular weight is 644 g/mol. The molecule has 0 amide bonds. The van der Waals surface area contributed by atoms with Gasteiger partial charge in [0.2, 0.25) is 0 Å². The molecule has 0 saturated heterocycles. The van der Waals surface area contributed by atoms with E-state index in [-0.39, 0.29) is 0 Å². The molecule has 0 aliphatic carbocycles. The van der Waals surface area contributed by atoms with Gasteiger partial charge in [0.15, 0.2) is 5.82 Å². The molecule has 7 aromatic carbocycles. The largest absolute Gasteiger partial charge is 0.456 e. The normalized spacial score (nSPS) is 12.1. The van der Waals surface area contributed by atoms with Crippen LogP contribution in [-0.2, 0) is 0 Å². The van der Waals surface area contributed by atoms with E-state index in [4.69, 9.17) is 14.4 Å². The fraction of sp³-hybridized carbons (Fsp3) is 0. The van der Waals surface area contributed by atoms with Crippen molar-refractivity contribution >= 4 is 86.2 Å². The molecule has 11 aromatic rings. The Bertz CT molecular complexity index is 3100. The quantitative estimate of drug-likeness (QED) is 0.192. The number of furan rings is 1. The number of rotatable bonds is 3. The molecule has 0 aliphatic heterocycles. The Morgan fingerprint density at radius 2 is 1.24 bits per heavy atom. The lowest BCUT2D eigenvalue weighted by molar-refractivity contribution is 0.669. The van der Waals surface area contributed by atoms with Crippen LogP contribution in [0, 0.1) is 0 Å². The van der Waals surface area contributed by atoms with E-state index >= 15 is 0 Å². The number of hydrogen-bond donors (Lipinski definition) is 0. The smallest absolute Gasteiger partial charge is 0.161 e. The van der Waals surface area contributed by atoms with Crippen LogP contribution in [0.15, 0.2) is 156 Å². The van der Waals surface area contributed by atoms with Gasteiger partial charge in [-0.2, -0.15) is 0 Å². The van der Waals surface area contributed by atoms with Crippen molar-refractivity contribution in [1.82, 2.24) is 14.5 Å². The summed E-state index contributed by atoms with van der Waals surface area (Å²) in [5.74, 6) is 0.742. The summed E-state index contributed by atoms with van der Waals surface area (Å²) in [4.78, 5) is 11.3. The topological polar surface area (TPSA) is 43.9 Å². The van der Waals surface area contributed by atoms with E-state index in [1.165, 1.54) is 42.7 Å². The number of aromatic nitrogens is 3. The zero-order chi connectivity index (χ0) is 32.1. The average Bonchev–Trinajstić information content (AvgIpc) is 3.83. The minimum atomic E-state index is 0.742. The molecule has 0 spiro atoms. The Kier molecular flexibility index (Phi) is 5.51. The number of para-hydroxylation sites is 2. The van der Waals surface area contributed by atoms with Gasteiger partial charge in [-0.15, -0.1) is 11.3 Å². The van der Waals surface area contributed by atoms with Gasteiger partial charge in [0.25, 0.3) is 0 Å². The minimum Gasteiger partial charge on any atom is -0.456 e. The van der Waals surface area contributed by atoms with Crippen molar-refractivity contribution in [2.75, 3.05) is 0 Å². The lowest BCUT2D eigenvalue weighted by Gasteiger charge is -2.11. The van der Waals surface area contributed by atoms with Gasteiger partial charge < -0.3 is 8.98 Å². The molecule has 0 fully saturated rings. The highest BCUT2D eigenvalue weighted by atomic mass is 32.1. The second-order valence-electron chi connectivity index (χ2n) is 12.6. The third kappa shape index (κ3) is 3.91. The van der Waals surface area contributed by atoms with E-state index in [2.05, 4.69) is 126 Å². The Morgan fingerprint density at radius 1 is 0.490 bits per heavy atom. The monoisotopic (exact) mass is 643 g/mol. The summed E-state index contributed by atoms with van der Waals surface area (Å²) in [6.07, 6.45) is 0. The minimum absolute atomic E-state index is 0.742. The summed E-state index contributed by atoms with van der Waals surface area (Å²) in [6.45, 7) is 0. The van der Waals surface area contributed by atoms with Crippen molar-refractivity contribution in [3.05, 3.63) is 152 Å². The van der Waals surface area contributed by atoms with E-state index in [0.717, 1.165) is 60.5 Å². The van der Waals surface area contributed by atoms with Crippen molar-refractivity contribution < 1.29 is 4.42 Å². The SMILES string of the molecule is c1ccc(-c2nc(-c3ccc(-n4c5ccccc5c5cc6ccc7oc8ccccc8c7c6cc54)cc3)c3c(n2)sc2ccccc23)cc1. The lowest BCUT2D eigenvalue weighted by atomic mass is 10.0.